The average Bonchev–Trinajstić information content (AvgIpc) is 3.25. The molecule has 0 aliphatic rings. The van der Waals surface area contributed by atoms with Gasteiger partial charge in [-0.15, -0.1) is 0 Å². The van der Waals surface area contributed by atoms with Gasteiger partial charge in [-0.25, -0.2) is 4.98 Å². The molecule has 0 amide bonds. The molecule has 0 spiro atoms. The van der Waals surface area contributed by atoms with E-state index in [1.54, 1.807) is 0 Å². The molecule has 3 nitrogen and oxygen atoms in total. The molecule has 5 rings (SSSR count). The fraction of sp³-hybridized carbons (Fsp3) is 0.0370. The normalized spacial score (nSPS) is 11.0. The molecule has 0 atom stereocenters. The largest absolute Gasteiger partial charge is 0.306 e. The maximum atomic E-state index is 12.9. The Morgan fingerprint density at radius 3 is 2.32 bits per heavy atom. The molecule has 5 aromatic rings. The van der Waals surface area contributed by atoms with Crippen LogP contribution in [0.25, 0.3) is 28.0 Å². The van der Waals surface area contributed by atoms with Gasteiger partial charge in [0.2, 0.25) is 0 Å². The quantitative estimate of drug-likeness (QED) is 0.265. The van der Waals surface area contributed by atoms with Crippen LogP contribution in [0.5, 0.6) is 0 Å². The topological polar surface area (TPSA) is 34.4 Å². The summed E-state index contributed by atoms with van der Waals surface area (Å²) in [5, 5.41) is 0. The average molecular weight is 467 g/mol. The van der Waals surface area contributed by atoms with E-state index >= 15 is 0 Å². The Kier molecular flexibility index (Phi) is 5.23. The van der Waals surface area contributed by atoms with E-state index in [1.807, 2.05) is 83.5 Å². The first-order chi connectivity index (χ1) is 15.2. The first kappa shape index (κ1) is 19.5. The maximum Gasteiger partial charge on any atom is 0.167 e. The number of Topliss-reactive ketones (excluding diaryl/α,β-unsaturated/α-hetero) is 1. The van der Waals surface area contributed by atoms with Crippen molar-refractivity contribution in [2.45, 2.75) is 6.42 Å². The van der Waals surface area contributed by atoms with Gasteiger partial charge in [0.15, 0.2) is 5.78 Å². The van der Waals surface area contributed by atoms with Crippen molar-refractivity contribution >= 4 is 27.4 Å². The number of hydrogen-bond acceptors (Lipinski definition) is 2. The lowest BCUT2D eigenvalue weighted by atomic mass is 9.95. The molecule has 0 aliphatic carbocycles. The predicted molar refractivity (Wildman–Crippen MR) is 128 cm³/mol. The third-order valence-electron chi connectivity index (χ3n) is 5.38. The third-order valence-corrected chi connectivity index (χ3v) is 5.91. The van der Waals surface area contributed by atoms with Crippen molar-refractivity contribution in [3.63, 3.8) is 0 Å². The van der Waals surface area contributed by atoms with Gasteiger partial charge in [0.1, 0.15) is 5.65 Å². The smallest absolute Gasteiger partial charge is 0.167 e. The van der Waals surface area contributed by atoms with Crippen LogP contribution in [0.3, 0.4) is 0 Å². The summed E-state index contributed by atoms with van der Waals surface area (Å²) >= 11 is 3.42. The Labute approximate surface area is 189 Å². The van der Waals surface area contributed by atoms with E-state index < -0.39 is 0 Å². The molecule has 0 bridgehead atoms. The number of imidazole rings is 1. The third kappa shape index (κ3) is 3.94. The Bertz CT molecular complexity index is 1370. The summed E-state index contributed by atoms with van der Waals surface area (Å²) in [5.74, 6) is 0.0974. The number of halogens is 1. The lowest BCUT2D eigenvalue weighted by Crippen LogP contribution is -2.05. The Hall–Kier alpha value is -3.50. The number of carbonyl (C=O) groups excluding carboxylic acids is 1. The zero-order chi connectivity index (χ0) is 21.2. The minimum atomic E-state index is 0.0974. The zero-order valence-corrected chi connectivity index (χ0v) is 18.3. The Morgan fingerprint density at radius 2 is 1.52 bits per heavy atom. The van der Waals surface area contributed by atoms with E-state index in [0.717, 1.165) is 38.1 Å². The number of fused-ring (bicyclic) bond motifs is 1. The van der Waals surface area contributed by atoms with Crippen molar-refractivity contribution in [1.82, 2.24) is 9.38 Å². The number of hydrogen-bond donors (Lipinski definition) is 0. The molecule has 2 heterocycles. The highest BCUT2D eigenvalue weighted by Gasteiger charge is 2.15. The molecular weight excluding hydrogens is 448 g/mol. The van der Waals surface area contributed by atoms with Crippen molar-refractivity contribution in [3.05, 3.63) is 119 Å². The summed E-state index contributed by atoms with van der Waals surface area (Å²) in [6, 6.07) is 29.8. The fourth-order valence-electron chi connectivity index (χ4n) is 3.82. The van der Waals surface area contributed by atoms with Gasteiger partial charge in [-0.3, -0.25) is 4.79 Å². The van der Waals surface area contributed by atoms with E-state index in [-0.39, 0.29) is 5.78 Å². The minimum absolute atomic E-state index is 0.0974. The van der Waals surface area contributed by atoms with E-state index in [0.29, 0.717) is 12.0 Å². The molecule has 0 saturated carbocycles. The lowest BCUT2D eigenvalue weighted by molar-refractivity contribution is 0.0993. The number of aromatic nitrogens is 2. The minimum Gasteiger partial charge on any atom is -0.306 e. The summed E-state index contributed by atoms with van der Waals surface area (Å²) in [4.78, 5) is 17.8. The molecule has 4 heteroatoms. The van der Waals surface area contributed by atoms with Crippen LogP contribution in [-0.2, 0) is 6.42 Å². The SMILES string of the molecule is O=C(Cc1ccccc1-c1cccn2cc(-c3ccccc3)nc12)c1ccc(Br)cc1. The Morgan fingerprint density at radius 1 is 0.806 bits per heavy atom. The molecule has 0 fully saturated rings. The number of rotatable bonds is 5. The fourth-order valence-corrected chi connectivity index (χ4v) is 4.08. The maximum absolute atomic E-state index is 12.9. The molecule has 0 radical (unpaired) electrons. The van der Waals surface area contributed by atoms with Gasteiger partial charge < -0.3 is 4.40 Å². The van der Waals surface area contributed by atoms with Crippen molar-refractivity contribution in [2.24, 2.45) is 0 Å². The standard InChI is InChI=1S/C27H19BrN2O/c28-22-14-12-20(13-15-22)26(31)17-21-9-4-5-10-23(21)24-11-6-16-30-18-25(29-27(24)30)19-7-2-1-3-8-19/h1-16,18H,17H2. The molecule has 3 aromatic carbocycles. The van der Waals surface area contributed by atoms with Crippen LogP contribution >= 0.6 is 15.9 Å². The monoisotopic (exact) mass is 466 g/mol. The second kappa shape index (κ2) is 8.32. The van der Waals surface area contributed by atoms with Gasteiger partial charge in [-0.05, 0) is 35.4 Å². The molecule has 0 N–H and O–H groups in total. The molecule has 0 unspecified atom stereocenters. The zero-order valence-electron chi connectivity index (χ0n) is 16.7. The second-order valence-electron chi connectivity index (χ2n) is 7.41. The van der Waals surface area contributed by atoms with Crippen LogP contribution in [-0.4, -0.2) is 15.2 Å². The van der Waals surface area contributed by atoms with Gasteiger partial charge in [0.25, 0.3) is 0 Å². The molecule has 150 valence electrons. The van der Waals surface area contributed by atoms with Crippen molar-refractivity contribution in [2.75, 3.05) is 0 Å². The summed E-state index contributed by atoms with van der Waals surface area (Å²) in [6.45, 7) is 0. The van der Waals surface area contributed by atoms with Crippen LogP contribution in [0.1, 0.15) is 15.9 Å². The molecule has 0 saturated heterocycles. The van der Waals surface area contributed by atoms with Crippen LogP contribution < -0.4 is 0 Å². The van der Waals surface area contributed by atoms with Gasteiger partial charge in [0, 0.05) is 40.0 Å². The van der Waals surface area contributed by atoms with E-state index in [1.165, 1.54) is 0 Å². The van der Waals surface area contributed by atoms with Gasteiger partial charge in [-0.2, -0.15) is 0 Å². The highest BCUT2D eigenvalue weighted by Crippen LogP contribution is 2.30. The molecular formula is C27H19BrN2O. The van der Waals surface area contributed by atoms with Gasteiger partial charge >= 0.3 is 0 Å². The highest BCUT2D eigenvalue weighted by molar-refractivity contribution is 9.10. The summed E-state index contributed by atoms with van der Waals surface area (Å²) in [5.41, 5.74) is 6.64. The van der Waals surface area contributed by atoms with E-state index in [9.17, 15) is 4.79 Å². The number of benzene rings is 3. The first-order valence-electron chi connectivity index (χ1n) is 10.1. The van der Waals surface area contributed by atoms with Crippen molar-refractivity contribution in [3.8, 4) is 22.4 Å². The lowest BCUT2D eigenvalue weighted by Gasteiger charge is -2.10. The summed E-state index contributed by atoms with van der Waals surface area (Å²) in [7, 11) is 0. The number of pyridine rings is 1. The molecule has 31 heavy (non-hydrogen) atoms. The van der Waals surface area contributed by atoms with Crippen molar-refractivity contribution in [1.29, 1.82) is 0 Å². The van der Waals surface area contributed by atoms with Crippen LogP contribution in [0, 0.1) is 0 Å². The molecule has 0 aliphatic heterocycles. The van der Waals surface area contributed by atoms with Crippen molar-refractivity contribution < 1.29 is 4.79 Å². The van der Waals surface area contributed by atoms with E-state index in [2.05, 4.69) is 40.2 Å². The summed E-state index contributed by atoms with van der Waals surface area (Å²) < 4.78 is 3.01. The predicted octanol–water partition coefficient (Wildman–Crippen LogP) is 6.86. The first-order valence-corrected chi connectivity index (χ1v) is 10.9. The van der Waals surface area contributed by atoms with E-state index in [4.69, 9.17) is 4.98 Å². The summed E-state index contributed by atoms with van der Waals surface area (Å²) in [6.07, 6.45) is 4.39. The Balaban J connectivity index is 1.56. The van der Waals surface area contributed by atoms with Crippen LogP contribution in [0.15, 0.2) is 108 Å². The van der Waals surface area contributed by atoms with Gasteiger partial charge in [-0.1, -0.05) is 82.7 Å². The number of nitrogens with zero attached hydrogens (tertiary/aromatic N) is 2. The van der Waals surface area contributed by atoms with Gasteiger partial charge in [0.05, 0.1) is 5.69 Å². The molecule has 2 aromatic heterocycles. The van der Waals surface area contributed by atoms with Crippen LogP contribution in [0.2, 0.25) is 0 Å². The van der Waals surface area contributed by atoms with Crippen LogP contribution in [0.4, 0.5) is 0 Å². The number of ketones is 1. The number of carbonyl (C=O) groups is 1. The second-order valence-corrected chi connectivity index (χ2v) is 8.32. The highest BCUT2D eigenvalue weighted by atomic mass is 79.9.